The maximum atomic E-state index is 13.4. The smallest absolute Gasteiger partial charge is 0.241 e. The number of methoxy groups -OCH3 is 1. The lowest BCUT2D eigenvalue weighted by molar-refractivity contribution is -0.121. The molecule has 7 nitrogen and oxygen atoms in total. The number of benzene rings is 1. The number of amides is 1. The highest BCUT2D eigenvalue weighted by Gasteiger charge is 2.07. The van der Waals surface area contributed by atoms with Crippen LogP contribution >= 0.6 is 0 Å². The Morgan fingerprint density at radius 3 is 3.00 bits per heavy atom. The van der Waals surface area contributed by atoms with Crippen LogP contribution in [0, 0.1) is 5.82 Å². The van der Waals surface area contributed by atoms with Crippen LogP contribution in [0.1, 0.15) is 12.1 Å². The van der Waals surface area contributed by atoms with Gasteiger partial charge in [0, 0.05) is 20.3 Å². The van der Waals surface area contributed by atoms with Gasteiger partial charge in [0.15, 0.2) is 11.6 Å². The van der Waals surface area contributed by atoms with Crippen molar-refractivity contribution >= 4 is 5.91 Å². The van der Waals surface area contributed by atoms with E-state index in [1.54, 1.807) is 25.4 Å². The first-order chi connectivity index (χ1) is 11.2. The fourth-order valence-electron chi connectivity index (χ4n) is 1.84. The van der Waals surface area contributed by atoms with Crippen LogP contribution in [0.5, 0.6) is 5.75 Å². The molecule has 124 valence electrons. The molecule has 0 atom stereocenters. The van der Waals surface area contributed by atoms with Crippen molar-refractivity contribution in [1.29, 1.82) is 0 Å². The zero-order chi connectivity index (χ0) is 16.5. The minimum absolute atomic E-state index is 0.0691. The van der Waals surface area contributed by atoms with E-state index in [2.05, 4.69) is 15.6 Å². The largest absolute Gasteiger partial charge is 0.484 e. The normalized spacial score (nSPS) is 10.5. The molecule has 0 radical (unpaired) electrons. The Morgan fingerprint density at radius 2 is 2.22 bits per heavy atom. The molecule has 0 aliphatic heterocycles. The zero-order valence-electron chi connectivity index (χ0n) is 12.9. The van der Waals surface area contributed by atoms with E-state index in [4.69, 9.17) is 9.47 Å². The number of nitrogens with one attached hydrogen (secondary N) is 1. The number of hydrogen-bond acceptors (Lipinski definition) is 5. The molecule has 1 aromatic carbocycles. The Morgan fingerprint density at radius 1 is 1.39 bits per heavy atom. The minimum Gasteiger partial charge on any atom is -0.484 e. The molecule has 1 N–H and O–H groups in total. The minimum atomic E-state index is -0.435. The lowest BCUT2D eigenvalue weighted by Gasteiger charge is -2.04. The molecular weight excluding hydrogens is 303 g/mol. The molecule has 8 heteroatoms. The highest BCUT2D eigenvalue weighted by molar-refractivity contribution is 5.75. The summed E-state index contributed by atoms with van der Waals surface area (Å²) < 4.78 is 25.0. The molecule has 0 unspecified atom stereocenters. The van der Waals surface area contributed by atoms with Crippen molar-refractivity contribution in [3.63, 3.8) is 0 Å². The molecular formula is C15H19FN4O3. The van der Waals surface area contributed by atoms with Crippen LogP contribution in [0.15, 0.2) is 30.5 Å². The van der Waals surface area contributed by atoms with E-state index in [0.717, 1.165) is 6.42 Å². The molecule has 0 bridgehead atoms. The molecule has 0 aliphatic rings. The molecule has 1 heterocycles. The van der Waals surface area contributed by atoms with E-state index in [0.29, 0.717) is 18.8 Å². The summed E-state index contributed by atoms with van der Waals surface area (Å²) in [6.07, 6.45) is 2.34. The van der Waals surface area contributed by atoms with Gasteiger partial charge in [-0.15, -0.1) is 5.10 Å². The van der Waals surface area contributed by atoms with Crippen LogP contribution in [0.4, 0.5) is 4.39 Å². The van der Waals surface area contributed by atoms with Crippen molar-refractivity contribution < 1.29 is 18.7 Å². The van der Waals surface area contributed by atoms with Gasteiger partial charge in [0.05, 0.1) is 6.20 Å². The lowest BCUT2D eigenvalue weighted by Crippen LogP contribution is -2.29. The fraction of sp³-hybridized carbons (Fsp3) is 0.400. The Labute approximate surface area is 133 Å². The number of carbonyl (C=O) groups is 1. The van der Waals surface area contributed by atoms with E-state index in [-0.39, 0.29) is 24.8 Å². The third-order valence-corrected chi connectivity index (χ3v) is 2.95. The first-order valence-corrected chi connectivity index (χ1v) is 7.21. The predicted octanol–water partition coefficient (Wildman–Crippen LogP) is 1.15. The average Bonchev–Trinajstić information content (AvgIpc) is 2.98. The summed E-state index contributed by atoms with van der Waals surface area (Å²) >= 11 is 0. The van der Waals surface area contributed by atoms with Crippen LogP contribution in [-0.4, -0.2) is 41.2 Å². The van der Waals surface area contributed by atoms with E-state index in [9.17, 15) is 9.18 Å². The van der Waals surface area contributed by atoms with Gasteiger partial charge in [-0.25, -0.2) is 9.07 Å². The van der Waals surface area contributed by atoms with Gasteiger partial charge in [0.1, 0.15) is 18.8 Å². The predicted molar refractivity (Wildman–Crippen MR) is 80.3 cm³/mol. The lowest BCUT2D eigenvalue weighted by atomic mass is 10.3. The van der Waals surface area contributed by atoms with Gasteiger partial charge in [-0.3, -0.25) is 4.79 Å². The molecule has 0 fully saturated rings. The summed E-state index contributed by atoms with van der Waals surface area (Å²) in [5.74, 6) is -0.444. The van der Waals surface area contributed by atoms with Crippen molar-refractivity contribution in [3.8, 4) is 5.75 Å². The second-order valence-corrected chi connectivity index (χ2v) is 4.82. The van der Waals surface area contributed by atoms with Gasteiger partial charge in [0.2, 0.25) is 5.91 Å². The SMILES string of the molecule is COCCCNC(=O)Cn1cc(COc2ccccc2F)nn1. The number of aromatic nitrogens is 3. The molecule has 0 aliphatic carbocycles. The van der Waals surface area contributed by atoms with Crippen LogP contribution in [0.2, 0.25) is 0 Å². The van der Waals surface area contributed by atoms with Crippen molar-refractivity contribution in [1.82, 2.24) is 20.3 Å². The molecule has 1 aromatic heterocycles. The number of ether oxygens (including phenoxy) is 2. The molecule has 0 saturated carbocycles. The quantitative estimate of drug-likeness (QED) is 0.701. The van der Waals surface area contributed by atoms with E-state index >= 15 is 0 Å². The van der Waals surface area contributed by atoms with E-state index in [1.165, 1.54) is 16.8 Å². The number of rotatable bonds is 9. The third-order valence-electron chi connectivity index (χ3n) is 2.95. The maximum Gasteiger partial charge on any atom is 0.241 e. The standard InChI is InChI=1S/C15H19FN4O3/c1-22-8-4-7-17-15(21)10-20-9-12(18-19-20)11-23-14-6-3-2-5-13(14)16/h2-3,5-6,9H,4,7-8,10-11H2,1H3,(H,17,21). The van der Waals surface area contributed by atoms with Gasteiger partial charge in [-0.1, -0.05) is 17.3 Å². The fourth-order valence-corrected chi connectivity index (χ4v) is 1.84. The molecule has 0 saturated heterocycles. The van der Waals surface area contributed by atoms with Gasteiger partial charge in [-0.2, -0.15) is 0 Å². The Bertz CT molecular complexity index is 633. The number of nitrogens with zero attached hydrogens (tertiary/aromatic N) is 3. The highest BCUT2D eigenvalue weighted by atomic mass is 19.1. The Hall–Kier alpha value is -2.48. The summed E-state index contributed by atoms with van der Waals surface area (Å²) in [4.78, 5) is 11.7. The van der Waals surface area contributed by atoms with Gasteiger partial charge >= 0.3 is 0 Å². The van der Waals surface area contributed by atoms with Crippen LogP contribution in [0.25, 0.3) is 0 Å². The second-order valence-electron chi connectivity index (χ2n) is 4.82. The van der Waals surface area contributed by atoms with Gasteiger partial charge < -0.3 is 14.8 Å². The molecule has 0 spiro atoms. The topological polar surface area (TPSA) is 78.3 Å². The van der Waals surface area contributed by atoms with Crippen LogP contribution < -0.4 is 10.1 Å². The van der Waals surface area contributed by atoms with Crippen molar-refractivity contribution in [2.45, 2.75) is 19.6 Å². The monoisotopic (exact) mass is 322 g/mol. The van der Waals surface area contributed by atoms with Gasteiger partial charge in [0.25, 0.3) is 0 Å². The molecule has 2 rings (SSSR count). The van der Waals surface area contributed by atoms with Crippen molar-refractivity contribution in [2.24, 2.45) is 0 Å². The van der Waals surface area contributed by atoms with Gasteiger partial charge in [-0.05, 0) is 18.6 Å². The zero-order valence-corrected chi connectivity index (χ0v) is 12.9. The highest BCUT2D eigenvalue weighted by Crippen LogP contribution is 2.16. The molecule has 2 aromatic rings. The number of halogens is 1. The average molecular weight is 322 g/mol. The summed E-state index contributed by atoms with van der Waals surface area (Å²) in [5.41, 5.74) is 0.514. The first-order valence-electron chi connectivity index (χ1n) is 7.21. The molecule has 1 amide bonds. The Balaban J connectivity index is 1.77. The molecule has 23 heavy (non-hydrogen) atoms. The Kier molecular flexibility index (Phi) is 6.49. The maximum absolute atomic E-state index is 13.4. The third kappa shape index (κ3) is 5.67. The van der Waals surface area contributed by atoms with E-state index < -0.39 is 5.82 Å². The van der Waals surface area contributed by atoms with E-state index in [1.807, 2.05) is 0 Å². The summed E-state index contributed by atoms with van der Waals surface area (Å²) in [6, 6.07) is 6.13. The first kappa shape index (κ1) is 16.9. The van der Waals surface area contributed by atoms with Crippen LogP contribution in [-0.2, 0) is 22.7 Å². The van der Waals surface area contributed by atoms with Crippen molar-refractivity contribution in [3.05, 3.63) is 42.0 Å². The summed E-state index contributed by atoms with van der Waals surface area (Å²) in [6.45, 7) is 1.29. The number of hydrogen-bond donors (Lipinski definition) is 1. The van der Waals surface area contributed by atoms with Crippen molar-refractivity contribution in [2.75, 3.05) is 20.3 Å². The summed E-state index contributed by atoms with van der Waals surface area (Å²) in [7, 11) is 1.61. The second kappa shape index (κ2) is 8.84. The van der Waals surface area contributed by atoms with Crippen LogP contribution in [0.3, 0.4) is 0 Å². The number of carbonyl (C=O) groups excluding carboxylic acids is 1. The summed E-state index contributed by atoms with van der Waals surface area (Å²) in [5, 5.41) is 10.5. The number of para-hydroxylation sites is 1.